The fraction of sp³-hybridized carbons (Fsp3) is 0.625. The Bertz CT molecular complexity index is 204. The van der Waals surface area contributed by atoms with Crippen molar-refractivity contribution < 1.29 is 9.53 Å². The van der Waals surface area contributed by atoms with E-state index in [0.29, 0.717) is 11.5 Å². The van der Waals surface area contributed by atoms with Crippen molar-refractivity contribution in [1.82, 2.24) is 0 Å². The third-order valence-electron chi connectivity index (χ3n) is 1.64. The lowest BCUT2D eigenvalue weighted by Crippen LogP contribution is -2.07. The molecule has 0 amide bonds. The SMILES string of the molecule is CC(C)=C(Cl)C1CCC(=O)O1. The highest BCUT2D eigenvalue weighted by Crippen LogP contribution is 2.25. The molecule has 0 aromatic rings. The van der Waals surface area contributed by atoms with Crippen LogP contribution in [0.15, 0.2) is 10.6 Å². The first-order chi connectivity index (χ1) is 5.11. The quantitative estimate of drug-likeness (QED) is 0.570. The van der Waals surface area contributed by atoms with Crippen LogP contribution in [0.4, 0.5) is 0 Å². The van der Waals surface area contributed by atoms with Gasteiger partial charge in [-0.2, -0.15) is 0 Å². The molecule has 1 rings (SSSR count). The average Bonchev–Trinajstić information content (AvgIpc) is 2.34. The van der Waals surface area contributed by atoms with Gasteiger partial charge < -0.3 is 4.74 Å². The second-order valence-electron chi connectivity index (χ2n) is 2.87. The molecule has 1 heterocycles. The van der Waals surface area contributed by atoms with Gasteiger partial charge in [0.15, 0.2) is 0 Å². The molecule has 0 spiro atoms. The van der Waals surface area contributed by atoms with Crippen LogP contribution in [0.5, 0.6) is 0 Å². The summed E-state index contributed by atoms with van der Waals surface area (Å²) in [6.45, 7) is 3.82. The molecule has 2 nitrogen and oxygen atoms in total. The fourth-order valence-corrected chi connectivity index (χ4v) is 1.18. The van der Waals surface area contributed by atoms with Crippen molar-refractivity contribution in [2.75, 3.05) is 0 Å². The normalized spacial score (nSPS) is 23.2. The van der Waals surface area contributed by atoms with Gasteiger partial charge in [0.2, 0.25) is 0 Å². The first-order valence-electron chi connectivity index (χ1n) is 3.63. The van der Waals surface area contributed by atoms with Crippen LogP contribution in [0.2, 0.25) is 0 Å². The highest BCUT2D eigenvalue weighted by atomic mass is 35.5. The molecule has 0 aromatic carbocycles. The van der Waals surface area contributed by atoms with Crippen molar-refractivity contribution in [1.29, 1.82) is 0 Å². The Morgan fingerprint density at radius 2 is 2.27 bits per heavy atom. The number of allylic oxidation sites excluding steroid dienone is 1. The summed E-state index contributed by atoms with van der Waals surface area (Å²) in [6.07, 6.45) is 1.05. The maximum absolute atomic E-state index is 10.7. The summed E-state index contributed by atoms with van der Waals surface area (Å²) in [5, 5.41) is 0.677. The minimum Gasteiger partial charge on any atom is -0.457 e. The van der Waals surface area contributed by atoms with Gasteiger partial charge in [0.05, 0.1) is 5.03 Å². The van der Waals surface area contributed by atoms with Gasteiger partial charge in [-0.05, 0) is 20.3 Å². The van der Waals surface area contributed by atoms with E-state index in [1.165, 1.54) is 0 Å². The Morgan fingerprint density at radius 1 is 1.64 bits per heavy atom. The van der Waals surface area contributed by atoms with E-state index in [2.05, 4.69) is 0 Å². The van der Waals surface area contributed by atoms with E-state index in [4.69, 9.17) is 16.3 Å². The number of halogens is 1. The number of rotatable bonds is 1. The molecule has 0 radical (unpaired) electrons. The van der Waals surface area contributed by atoms with Gasteiger partial charge >= 0.3 is 5.97 Å². The lowest BCUT2D eigenvalue weighted by molar-refractivity contribution is -0.140. The molecule has 0 saturated carbocycles. The zero-order valence-corrected chi connectivity index (χ0v) is 7.44. The first-order valence-corrected chi connectivity index (χ1v) is 4.01. The summed E-state index contributed by atoms with van der Waals surface area (Å²) in [7, 11) is 0. The van der Waals surface area contributed by atoms with E-state index in [0.717, 1.165) is 12.0 Å². The Labute approximate surface area is 71.2 Å². The molecular weight excluding hydrogens is 164 g/mol. The van der Waals surface area contributed by atoms with Crippen LogP contribution >= 0.6 is 11.6 Å². The van der Waals surface area contributed by atoms with Gasteiger partial charge in [-0.15, -0.1) is 0 Å². The second-order valence-corrected chi connectivity index (χ2v) is 3.27. The van der Waals surface area contributed by atoms with Crippen LogP contribution < -0.4 is 0 Å². The van der Waals surface area contributed by atoms with Crippen LogP contribution in [-0.4, -0.2) is 12.1 Å². The minimum absolute atomic E-state index is 0.144. The molecule has 0 aromatic heterocycles. The van der Waals surface area contributed by atoms with Crippen LogP contribution in [-0.2, 0) is 9.53 Å². The van der Waals surface area contributed by atoms with Crippen molar-refractivity contribution in [3.63, 3.8) is 0 Å². The van der Waals surface area contributed by atoms with Crippen molar-refractivity contribution in [2.24, 2.45) is 0 Å². The van der Waals surface area contributed by atoms with E-state index in [-0.39, 0.29) is 12.1 Å². The average molecular weight is 175 g/mol. The third kappa shape index (κ3) is 1.96. The minimum atomic E-state index is -0.172. The highest BCUT2D eigenvalue weighted by molar-refractivity contribution is 6.30. The summed E-state index contributed by atoms with van der Waals surface area (Å²) in [5.74, 6) is -0.144. The lowest BCUT2D eigenvalue weighted by atomic mass is 10.2. The molecule has 1 aliphatic rings. The molecule has 0 aliphatic carbocycles. The summed E-state index contributed by atoms with van der Waals surface area (Å²) in [6, 6.07) is 0. The number of carbonyl (C=O) groups excluding carboxylic acids is 1. The number of carbonyl (C=O) groups is 1. The summed E-state index contributed by atoms with van der Waals surface area (Å²) in [5.41, 5.74) is 1.02. The van der Waals surface area contributed by atoms with E-state index in [1.807, 2.05) is 13.8 Å². The standard InChI is InChI=1S/C8H11ClO2/c1-5(2)8(9)6-3-4-7(10)11-6/h6H,3-4H2,1-2H3. The van der Waals surface area contributed by atoms with Crippen LogP contribution in [0.1, 0.15) is 26.7 Å². The molecule has 11 heavy (non-hydrogen) atoms. The molecule has 0 N–H and O–H groups in total. The smallest absolute Gasteiger partial charge is 0.306 e. The van der Waals surface area contributed by atoms with Gasteiger partial charge in [0, 0.05) is 6.42 Å². The summed E-state index contributed by atoms with van der Waals surface area (Å²) < 4.78 is 4.96. The van der Waals surface area contributed by atoms with Gasteiger partial charge in [-0.3, -0.25) is 4.79 Å². The maximum Gasteiger partial charge on any atom is 0.306 e. The van der Waals surface area contributed by atoms with Gasteiger partial charge in [-0.25, -0.2) is 0 Å². The van der Waals surface area contributed by atoms with Crippen LogP contribution in [0.25, 0.3) is 0 Å². The molecule has 1 aliphatic heterocycles. The molecule has 1 atom stereocenters. The monoisotopic (exact) mass is 174 g/mol. The number of hydrogen-bond acceptors (Lipinski definition) is 2. The van der Waals surface area contributed by atoms with Gasteiger partial charge in [0.1, 0.15) is 6.10 Å². The number of ether oxygens (including phenoxy) is 1. The predicted octanol–water partition coefficient (Wildman–Crippen LogP) is 2.22. The Balaban J connectivity index is 2.64. The molecular formula is C8H11ClO2. The topological polar surface area (TPSA) is 26.3 Å². The number of cyclic esters (lactones) is 1. The van der Waals surface area contributed by atoms with E-state index in [9.17, 15) is 4.79 Å². The van der Waals surface area contributed by atoms with Gasteiger partial charge in [0.25, 0.3) is 0 Å². The Hall–Kier alpha value is -0.500. The fourth-order valence-electron chi connectivity index (χ4n) is 1.03. The third-order valence-corrected chi connectivity index (χ3v) is 2.27. The molecule has 1 saturated heterocycles. The zero-order chi connectivity index (χ0) is 8.43. The predicted molar refractivity (Wildman–Crippen MR) is 43.3 cm³/mol. The zero-order valence-electron chi connectivity index (χ0n) is 6.69. The molecule has 0 bridgehead atoms. The second kappa shape index (κ2) is 3.26. The lowest BCUT2D eigenvalue weighted by Gasteiger charge is -2.08. The Morgan fingerprint density at radius 3 is 2.64 bits per heavy atom. The largest absolute Gasteiger partial charge is 0.457 e. The van der Waals surface area contributed by atoms with Crippen molar-refractivity contribution in [3.8, 4) is 0 Å². The van der Waals surface area contributed by atoms with E-state index >= 15 is 0 Å². The maximum atomic E-state index is 10.7. The molecule has 62 valence electrons. The number of hydrogen-bond donors (Lipinski definition) is 0. The number of esters is 1. The molecule has 1 fully saturated rings. The summed E-state index contributed by atoms with van der Waals surface area (Å²) >= 11 is 5.89. The van der Waals surface area contributed by atoms with Crippen molar-refractivity contribution in [2.45, 2.75) is 32.8 Å². The molecule has 1 unspecified atom stereocenters. The van der Waals surface area contributed by atoms with Crippen molar-refractivity contribution in [3.05, 3.63) is 10.6 Å². The van der Waals surface area contributed by atoms with Crippen molar-refractivity contribution >= 4 is 17.6 Å². The Kier molecular flexibility index (Phi) is 2.55. The van der Waals surface area contributed by atoms with Gasteiger partial charge in [-0.1, -0.05) is 17.2 Å². The van der Waals surface area contributed by atoms with Crippen LogP contribution in [0, 0.1) is 0 Å². The molecule has 3 heteroatoms. The summed E-state index contributed by atoms with van der Waals surface area (Å²) in [4.78, 5) is 10.7. The van der Waals surface area contributed by atoms with Crippen LogP contribution in [0.3, 0.4) is 0 Å². The van der Waals surface area contributed by atoms with E-state index < -0.39 is 0 Å². The first kappa shape index (κ1) is 8.60. The highest BCUT2D eigenvalue weighted by Gasteiger charge is 2.26. The van der Waals surface area contributed by atoms with E-state index in [1.54, 1.807) is 0 Å².